The number of aldehydes is 1. The van der Waals surface area contributed by atoms with E-state index in [2.05, 4.69) is 15.2 Å². The molecule has 0 amide bonds. The van der Waals surface area contributed by atoms with Crippen molar-refractivity contribution in [3.63, 3.8) is 0 Å². The van der Waals surface area contributed by atoms with Crippen molar-refractivity contribution in [1.82, 2.24) is 14.8 Å². The summed E-state index contributed by atoms with van der Waals surface area (Å²) in [7, 11) is 0. The Morgan fingerprint density at radius 2 is 1.91 bits per heavy atom. The lowest BCUT2D eigenvalue weighted by molar-refractivity contribution is 0.111. The molecule has 0 atom stereocenters. The second kappa shape index (κ2) is 5.44. The first-order chi connectivity index (χ1) is 11.3. The van der Waals surface area contributed by atoms with Gasteiger partial charge in [0, 0.05) is 16.1 Å². The highest BCUT2D eigenvalue weighted by Crippen LogP contribution is 2.27. The molecule has 2 heterocycles. The maximum Gasteiger partial charge on any atom is 0.201 e. The number of fused-ring (bicyclic) bond motifs is 3. The van der Waals surface area contributed by atoms with Crippen LogP contribution < -0.4 is 0 Å². The van der Waals surface area contributed by atoms with Crippen LogP contribution in [0.2, 0.25) is 5.02 Å². The molecule has 0 saturated carbocycles. The lowest BCUT2D eigenvalue weighted by Crippen LogP contribution is -2.09. The minimum atomic E-state index is 0.257. The van der Waals surface area contributed by atoms with Crippen LogP contribution in [0.1, 0.15) is 27.6 Å². The van der Waals surface area contributed by atoms with Gasteiger partial charge in [-0.1, -0.05) is 41.9 Å². The Kier molecular flexibility index (Phi) is 3.28. The predicted molar refractivity (Wildman–Crippen MR) is 87.5 cm³/mol. The summed E-state index contributed by atoms with van der Waals surface area (Å²) in [4.78, 5) is 16.0. The van der Waals surface area contributed by atoms with Gasteiger partial charge in [0.1, 0.15) is 6.54 Å². The van der Waals surface area contributed by atoms with Crippen molar-refractivity contribution in [3.8, 4) is 5.69 Å². The number of carbonyl (C=O) groups excluding carboxylic acids is 1. The number of nitrogens with zero attached hydrogens (tertiary/aromatic N) is 4. The average molecular weight is 323 g/mol. The van der Waals surface area contributed by atoms with Gasteiger partial charge in [-0.05, 0) is 18.2 Å². The first-order valence-electron chi connectivity index (χ1n) is 7.07. The van der Waals surface area contributed by atoms with E-state index in [9.17, 15) is 4.79 Å². The average Bonchev–Trinajstić information content (AvgIpc) is 2.92. The molecule has 0 radical (unpaired) electrons. The molecule has 112 valence electrons. The maximum absolute atomic E-state index is 11.3. The van der Waals surface area contributed by atoms with Gasteiger partial charge in [-0.2, -0.15) is 0 Å². The summed E-state index contributed by atoms with van der Waals surface area (Å²) < 4.78 is 1.73. The fourth-order valence-corrected chi connectivity index (χ4v) is 2.91. The predicted octanol–water partition coefficient (Wildman–Crippen LogP) is 3.08. The van der Waals surface area contributed by atoms with Crippen LogP contribution >= 0.6 is 11.6 Å². The van der Waals surface area contributed by atoms with Crippen LogP contribution in [0.15, 0.2) is 53.5 Å². The molecule has 0 bridgehead atoms. The topological polar surface area (TPSA) is 60.1 Å². The number of benzene rings is 2. The van der Waals surface area contributed by atoms with Crippen LogP contribution in [0.25, 0.3) is 5.69 Å². The summed E-state index contributed by atoms with van der Waals surface area (Å²) in [5, 5.41) is 8.61. The van der Waals surface area contributed by atoms with Gasteiger partial charge in [0.05, 0.1) is 11.4 Å². The van der Waals surface area contributed by atoms with Gasteiger partial charge in [0.2, 0.25) is 5.82 Å². The molecule has 1 aromatic heterocycles. The van der Waals surface area contributed by atoms with Crippen LogP contribution in [0, 0.1) is 0 Å². The summed E-state index contributed by atoms with van der Waals surface area (Å²) in [6.45, 7) is 0.345. The maximum atomic E-state index is 11.3. The third kappa shape index (κ3) is 2.26. The van der Waals surface area contributed by atoms with Crippen molar-refractivity contribution >= 4 is 23.6 Å². The van der Waals surface area contributed by atoms with Gasteiger partial charge >= 0.3 is 0 Å². The molecule has 6 heteroatoms. The molecule has 23 heavy (non-hydrogen) atoms. The van der Waals surface area contributed by atoms with Crippen LogP contribution in [-0.4, -0.2) is 26.8 Å². The van der Waals surface area contributed by atoms with Crippen molar-refractivity contribution in [1.29, 1.82) is 0 Å². The first kappa shape index (κ1) is 13.8. The van der Waals surface area contributed by atoms with Crippen molar-refractivity contribution in [2.24, 2.45) is 4.99 Å². The van der Waals surface area contributed by atoms with E-state index < -0.39 is 0 Å². The molecule has 5 nitrogen and oxygen atoms in total. The smallest absolute Gasteiger partial charge is 0.201 e. The molecule has 1 aliphatic rings. The number of rotatable bonds is 2. The summed E-state index contributed by atoms with van der Waals surface area (Å²) in [6, 6.07) is 15.4. The number of carbonyl (C=O) groups is 1. The zero-order chi connectivity index (χ0) is 15.8. The molecule has 0 N–H and O–H groups in total. The van der Waals surface area contributed by atoms with Crippen molar-refractivity contribution in [2.75, 3.05) is 0 Å². The summed E-state index contributed by atoms with van der Waals surface area (Å²) in [5.74, 6) is 0.884. The van der Waals surface area contributed by atoms with Crippen LogP contribution in [0.5, 0.6) is 0 Å². The number of hydrogen-bond acceptors (Lipinski definition) is 4. The molecule has 1 aliphatic heterocycles. The van der Waals surface area contributed by atoms with E-state index in [1.165, 1.54) is 0 Å². The Morgan fingerprint density at radius 1 is 1.09 bits per heavy atom. The lowest BCUT2D eigenvalue weighted by Gasteiger charge is -2.12. The molecular weight excluding hydrogens is 312 g/mol. The van der Waals surface area contributed by atoms with Gasteiger partial charge in [0.25, 0.3) is 0 Å². The zero-order valence-electron chi connectivity index (χ0n) is 12.0. The highest BCUT2D eigenvalue weighted by Gasteiger charge is 2.22. The standard InChI is InChI=1S/C17H11ClN4O/c18-12-6-7-14-13(8-12)17(11-4-2-1-3-5-11)19-9-15-20-21-16(10-23)22(14)15/h1-8,10H,9H2. The third-order valence-electron chi connectivity index (χ3n) is 3.74. The van der Waals surface area contributed by atoms with Gasteiger partial charge in [0.15, 0.2) is 12.1 Å². The Labute approximate surface area is 137 Å². The van der Waals surface area contributed by atoms with Gasteiger partial charge in [-0.3, -0.25) is 14.4 Å². The number of halogens is 1. The fraction of sp³-hybridized carbons (Fsp3) is 0.0588. The molecule has 4 rings (SSSR count). The van der Waals surface area contributed by atoms with Gasteiger partial charge < -0.3 is 0 Å². The summed E-state index contributed by atoms with van der Waals surface area (Å²) in [5.41, 5.74) is 3.47. The molecule has 2 aromatic carbocycles. The van der Waals surface area contributed by atoms with Crippen molar-refractivity contribution < 1.29 is 4.79 Å². The lowest BCUT2D eigenvalue weighted by atomic mass is 10.0. The van der Waals surface area contributed by atoms with Crippen LogP contribution in [0.3, 0.4) is 0 Å². The molecule has 0 aliphatic carbocycles. The zero-order valence-corrected chi connectivity index (χ0v) is 12.7. The Bertz CT molecular complexity index is 931. The minimum absolute atomic E-state index is 0.257. The van der Waals surface area contributed by atoms with Crippen LogP contribution in [-0.2, 0) is 6.54 Å². The van der Waals surface area contributed by atoms with E-state index in [1.54, 1.807) is 10.6 Å². The third-order valence-corrected chi connectivity index (χ3v) is 3.98. The highest BCUT2D eigenvalue weighted by atomic mass is 35.5. The largest absolute Gasteiger partial charge is 0.294 e. The Morgan fingerprint density at radius 3 is 2.70 bits per heavy atom. The van der Waals surface area contributed by atoms with E-state index in [-0.39, 0.29) is 5.82 Å². The van der Waals surface area contributed by atoms with Crippen molar-refractivity contribution in [2.45, 2.75) is 6.54 Å². The van der Waals surface area contributed by atoms with E-state index in [1.807, 2.05) is 42.5 Å². The van der Waals surface area contributed by atoms with Gasteiger partial charge in [-0.15, -0.1) is 10.2 Å². The number of aliphatic imine (C=N–C) groups is 1. The quantitative estimate of drug-likeness (QED) is 0.681. The van der Waals surface area contributed by atoms with Crippen molar-refractivity contribution in [3.05, 3.63) is 76.3 Å². The second-order valence-corrected chi connectivity index (χ2v) is 5.56. The Hall–Kier alpha value is -2.79. The van der Waals surface area contributed by atoms with E-state index in [4.69, 9.17) is 11.6 Å². The Balaban J connectivity index is 2.02. The van der Waals surface area contributed by atoms with E-state index >= 15 is 0 Å². The second-order valence-electron chi connectivity index (χ2n) is 5.12. The number of aromatic nitrogens is 3. The van der Waals surface area contributed by atoms with Crippen LogP contribution in [0.4, 0.5) is 0 Å². The molecule has 0 spiro atoms. The molecular formula is C17H11ClN4O. The minimum Gasteiger partial charge on any atom is -0.294 e. The van der Waals surface area contributed by atoms with E-state index in [0.29, 0.717) is 23.7 Å². The molecule has 0 saturated heterocycles. The molecule has 3 aromatic rings. The highest BCUT2D eigenvalue weighted by molar-refractivity contribution is 6.31. The van der Waals surface area contributed by atoms with Gasteiger partial charge in [-0.25, -0.2) is 0 Å². The fourth-order valence-electron chi connectivity index (χ4n) is 2.74. The number of hydrogen-bond donors (Lipinski definition) is 0. The SMILES string of the molecule is O=Cc1nnc2n1-c1ccc(Cl)cc1C(c1ccccc1)=NC2. The monoisotopic (exact) mass is 322 g/mol. The summed E-state index contributed by atoms with van der Waals surface area (Å²) >= 11 is 6.19. The molecule has 0 unspecified atom stereocenters. The molecule has 0 fully saturated rings. The first-order valence-corrected chi connectivity index (χ1v) is 7.45. The summed E-state index contributed by atoms with van der Waals surface area (Å²) in [6.07, 6.45) is 0.697. The van der Waals surface area contributed by atoms with E-state index in [0.717, 1.165) is 22.5 Å². The normalized spacial score (nSPS) is 12.8.